The molecule has 16 heavy (non-hydrogen) atoms. The van der Waals surface area contributed by atoms with Crippen LogP contribution in [-0.2, 0) is 4.74 Å². The fourth-order valence-corrected chi connectivity index (χ4v) is 1.86. The van der Waals surface area contributed by atoms with E-state index >= 15 is 0 Å². The molecule has 0 aliphatic carbocycles. The summed E-state index contributed by atoms with van der Waals surface area (Å²) in [7, 11) is 2.02. The number of aryl methyl sites for hydroxylation is 1. The Balaban J connectivity index is 2.23. The van der Waals surface area contributed by atoms with Crippen molar-refractivity contribution in [3.05, 3.63) is 11.8 Å². The van der Waals surface area contributed by atoms with Gasteiger partial charge in [-0.05, 0) is 13.3 Å². The number of nitrogens with one attached hydrogen (secondary N) is 1. The normalized spacial score (nSPS) is 19.8. The van der Waals surface area contributed by atoms with Crippen molar-refractivity contribution >= 4 is 11.8 Å². The van der Waals surface area contributed by atoms with Crippen LogP contribution in [-0.4, -0.2) is 36.3 Å². The Morgan fingerprint density at radius 3 is 3.06 bits per heavy atom. The smallest absolute Gasteiger partial charge is 0.239 e. The van der Waals surface area contributed by atoms with Gasteiger partial charge < -0.3 is 9.64 Å². The second kappa shape index (κ2) is 4.63. The lowest BCUT2D eigenvalue weighted by atomic mass is 10.2. The Kier molecular flexibility index (Phi) is 3.21. The summed E-state index contributed by atoms with van der Waals surface area (Å²) in [6.07, 6.45) is 2.80. The molecule has 0 aromatic carbocycles. The number of hydrazine groups is 1. The number of hydrogen-bond acceptors (Lipinski definition) is 6. The lowest BCUT2D eigenvalue weighted by molar-refractivity contribution is 0.193. The zero-order valence-corrected chi connectivity index (χ0v) is 9.60. The van der Waals surface area contributed by atoms with E-state index in [1.54, 1.807) is 6.20 Å². The summed E-state index contributed by atoms with van der Waals surface area (Å²) >= 11 is 0. The van der Waals surface area contributed by atoms with Crippen LogP contribution in [0.3, 0.4) is 0 Å². The second-order valence-electron chi connectivity index (χ2n) is 3.97. The number of hydrogen-bond donors (Lipinski definition) is 2. The van der Waals surface area contributed by atoms with E-state index in [9.17, 15) is 0 Å². The highest BCUT2D eigenvalue weighted by molar-refractivity contribution is 5.49. The Morgan fingerprint density at radius 2 is 2.44 bits per heavy atom. The van der Waals surface area contributed by atoms with Gasteiger partial charge in [-0.15, -0.1) is 0 Å². The molecular weight excluding hydrogens is 206 g/mol. The molecule has 1 unspecified atom stereocenters. The zero-order valence-electron chi connectivity index (χ0n) is 9.60. The molecule has 1 saturated heterocycles. The van der Waals surface area contributed by atoms with Crippen LogP contribution in [0, 0.1) is 6.92 Å². The topological polar surface area (TPSA) is 76.3 Å². The van der Waals surface area contributed by atoms with E-state index in [1.807, 2.05) is 14.0 Å². The van der Waals surface area contributed by atoms with Gasteiger partial charge in [0.25, 0.3) is 0 Å². The van der Waals surface area contributed by atoms with Crippen molar-refractivity contribution in [2.24, 2.45) is 5.84 Å². The zero-order chi connectivity index (χ0) is 11.5. The molecule has 0 spiro atoms. The van der Waals surface area contributed by atoms with Crippen molar-refractivity contribution in [2.75, 3.05) is 30.6 Å². The van der Waals surface area contributed by atoms with Gasteiger partial charge in [0, 0.05) is 25.4 Å². The van der Waals surface area contributed by atoms with E-state index in [2.05, 4.69) is 20.3 Å². The number of ether oxygens (including phenoxy) is 1. The molecule has 0 bridgehead atoms. The fourth-order valence-electron chi connectivity index (χ4n) is 1.86. The Morgan fingerprint density at radius 1 is 1.62 bits per heavy atom. The molecule has 1 atom stereocenters. The van der Waals surface area contributed by atoms with Gasteiger partial charge in [-0.1, -0.05) is 0 Å². The number of anilines is 2. The van der Waals surface area contributed by atoms with E-state index in [4.69, 9.17) is 10.6 Å². The van der Waals surface area contributed by atoms with Crippen molar-refractivity contribution in [3.63, 3.8) is 0 Å². The van der Waals surface area contributed by atoms with Gasteiger partial charge in [-0.2, -0.15) is 4.98 Å². The van der Waals surface area contributed by atoms with Crippen LogP contribution in [0.5, 0.6) is 0 Å². The summed E-state index contributed by atoms with van der Waals surface area (Å²) in [5.41, 5.74) is 3.50. The maximum absolute atomic E-state index is 5.37. The van der Waals surface area contributed by atoms with Crippen LogP contribution >= 0.6 is 0 Å². The molecule has 0 radical (unpaired) electrons. The molecule has 3 N–H and O–H groups in total. The van der Waals surface area contributed by atoms with Gasteiger partial charge in [0.1, 0.15) is 5.82 Å². The number of likely N-dealkylation sites (N-methyl/N-ethyl adjacent to an activating group) is 1. The van der Waals surface area contributed by atoms with Crippen molar-refractivity contribution in [1.82, 2.24) is 9.97 Å². The summed E-state index contributed by atoms with van der Waals surface area (Å²) < 4.78 is 5.37. The van der Waals surface area contributed by atoms with Gasteiger partial charge in [-0.3, -0.25) is 5.43 Å². The number of nitrogens with two attached hydrogens (primary N) is 1. The molecule has 1 aliphatic heterocycles. The van der Waals surface area contributed by atoms with E-state index < -0.39 is 0 Å². The second-order valence-corrected chi connectivity index (χ2v) is 3.97. The molecule has 1 aromatic rings. The quantitative estimate of drug-likeness (QED) is 0.567. The highest BCUT2D eigenvalue weighted by Crippen LogP contribution is 2.21. The lowest BCUT2D eigenvalue weighted by Gasteiger charge is -2.25. The number of nitrogens with zero attached hydrogens (tertiary/aromatic N) is 3. The Labute approximate surface area is 94.8 Å². The summed E-state index contributed by atoms with van der Waals surface area (Å²) in [5.74, 6) is 6.64. The molecule has 6 heteroatoms. The third-order valence-electron chi connectivity index (χ3n) is 2.86. The highest BCUT2D eigenvalue weighted by atomic mass is 16.5. The number of nitrogen functional groups attached to an aromatic ring is 1. The SMILES string of the molecule is Cc1cnc(NN)nc1N(C)C1CCOC1. The third-order valence-corrected chi connectivity index (χ3v) is 2.86. The maximum atomic E-state index is 5.37. The molecule has 6 nitrogen and oxygen atoms in total. The lowest BCUT2D eigenvalue weighted by Crippen LogP contribution is -2.33. The number of aromatic nitrogens is 2. The average molecular weight is 223 g/mol. The van der Waals surface area contributed by atoms with Crippen molar-refractivity contribution in [2.45, 2.75) is 19.4 Å². The first kappa shape index (κ1) is 11.1. The van der Waals surface area contributed by atoms with Gasteiger partial charge in [-0.25, -0.2) is 10.8 Å². The van der Waals surface area contributed by atoms with Crippen molar-refractivity contribution < 1.29 is 4.74 Å². The summed E-state index contributed by atoms with van der Waals surface area (Å²) in [4.78, 5) is 10.5. The molecule has 1 fully saturated rings. The maximum Gasteiger partial charge on any atom is 0.239 e. The van der Waals surface area contributed by atoms with Crippen molar-refractivity contribution in [1.29, 1.82) is 0 Å². The fraction of sp³-hybridized carbons (Fsp3) is 0.600. The molecule has 2 rings (SSSR count). The minimum Gasteiger partial charge on any atom is -0.379 e. The minimum absolute atomic E-state index is 0.388. The van der Waals surface area contributed by atoms with Crippen molar-refractivity contribution in [3.8, 4) is 0 Å². The summed E-state index contributed by atoms with van der Waals surface area (Å²) in [6, 6.07) is 0.388. The number of rotatable bonds is 3. The van der Waals surface area contributed by atoms with Gasteiger partial charge in [0.2, 0.25) is 5.95 Å². The molecule has 1 aromatic heterocycles. The van der Waals surface area contributed by atoms with Crippen LogP contribution in [0.15, 0.2) is 6.20 Å². The first-order valence-electron chi connectivity index (χ1n) is 5.33. The van der Waals surface area contributed by atoms with Crippen LogP contribution in [0.1, 0.15) is 12.0 Å². The minimum atomic E-state index is 0.388. The molecule has 88 valence electrons. The van der Waals surface area contributed by atoms with Crippen LogP contribution in [0.2, 0.25) is 0 Å². The van der Waals surface area contributed by atoms with Gasteiger partial charge in [0.15, 0.2) is 0 Å². The summed E-state index contributed by atoms with van der Waals surface area (Å²) in [6.45, 7) is 3.56. The summed E-state index contributed by atoms with van der Waals surface area (Å²) in [5, 5.41) is 0. The first-order chi connectivity index (χ1) is 7.72. The van der Waals surface area contributed by atoms with E-state index in [0.29, 0.717) is 12.0 Å². The van der Waals surface area contributed by atoms with E-state index in [1.165, 1.54) is 0 Å². The standard InChI is InChI=1S/C10H17N5O/c1-7-5-12-10(14-11)13-9(7)15(2)8-3-4-16-6-8/h5,8H,3-4,6,11H2,1-2H3,(H,12,13,14). The molecule has 0 amide bonds. The predicted octanol–water partition coefficient (Wildman–Crippen LogP) is 0.296. The molecule has 2 heterocycles. The Bertz CT molecular complexity index is 364. The van der Waals surface area contributed by atoms with E-state index in [0.717, 1.165) is 31.0 Å². The monoisotopic (exact) mass is 223 g/mol. The molecule has 1 aliphatic rings. The average Bonchev–Trinajstić information content (AvgIpc) is 2.82. The van der Waals surface area contributed by atoms with Gasteiger partial charge >= 0.3 is 0 Å². The predicted molar refractivity (Wildman–Crippen MR) is 62.2 cm³/mol. The largest absolute Gasteiger partial charge is 0.379 e. The van der Waals surface area contributed by atoms with E-state index in [-0.39, 0.29) is 0 Å². The first-order valence-corrected chi connectivity index (χ1v) is 5.33. The Hall–Kier alpha value is -1.40. The third kappa shape index (κ3) is 2.07. The van der Waals surface area contributed by atoms with Gasteiger partial charge in [0.05, 0.1) is 12.6 Å². The molecular formula is C10H17N5O. The highest BCUT2D eigenvalue weighted by Gasteiger charge is 2.22. The van der Waals surface area contributed by atoms with Crippen LogP contribution in [0.25, 0.3) is 0 Å². The van der Waals surface area contributed by atoms with Crippen LogP contribution < -0.4 is 16.2 Å². The van der Waals surface area contributed by atoms with Crippen LogP contribution in [0.4, 0.5) is 11.8 Å². The molecule has 0 saturated carbocycles.